The molecule has 2 N–H and O–H groups in total. The molecule has 0 saturated carbocycles. The van der Waals surface area contributed by atoms with Gasteiger partial charge in [-0.15, -0.1) is 0 Å². The van der Waals surface area contributed by atoms with Gasteiger partial charge in [-0.2, -0.15) is 0 Å². The largest absolute Gasteiger partial charge is 0.334 e. The van der Waals surface area contributed by atoms with E-state index in [1.807, 2.05) is 49.4 Å². The number of anilines is 1. The van der Waals surface area contributed by atoms with Crippen LogP contribution in [0.1, 0.15) is 11.1 Å². The summed E-state index contributed by atoms with van der Waals surface area (Å²) in [5.41, 5.74) is 2.79. The van der Waals surface area contributed by atoms with Gasteiger partial charge in [0.2, 0.25) is 0 Å². The normalized spacial score (nSPS) is 14.0. The summed E-state index contributed by atoms with van der Waals surface area (Å²) < 4.78 is 0. The van der Waals surface area contributed by atoms with E-state index >= 15 is 0 Å². The van der Waals surface area contributed by atoms with Crippen LogP contribution in [0.4, 0.5) is 15.3 Å². The maximum absolute atomic E-state index is 12.4. The average molecular weight is 387 g/mol. The molecule has 0 atom stereocenters. The summed E-state index contributed by atoms with van der Waals surface area (Å²) in [5, 5.41) is 6.41. The maximum Gasteiger partial charge on any atom is 0.321 e. The number of carbonyl (C=O) groups is 2. The number of urea groups is 2. The van der Waals surface area contributed by atoms with Crippen molar-refractivity contribution in [3.63, 3.8) is 0 Å². The summed E-state index contributed by atoms with van der Waals surface area (Å²) >= 11 is 6.11. The molecule has 1 heterocycles. The van der Waals surface area contributed by atoms with Crippen LogP contribution >= 0.6 is 11.6 Å². The average Bonchev–Trinajstić information content (AvgIpc) is 2.69. The molecule has 0 radical (unpaired) electrons. The van der Waals surface area contributed by atoms with Crippen LogP contribution in [0.5, 0.6) is 0 Å². The number of nitrogens with one attached hydrogen (secondary N) is 2. The molecule has 0 unspecified atom stereocenters. The molecule has 2 aromatic rings. The zero-order chi connectivity index (χ0) is 19.2. The third-order valence-corrected chi connectivity index (χ3v) is 4.91. The smallest absolute Gasteiger partial charge is 0.321 e. The van der Waals surface area contributed by atoms with Crippen molar-refractivity contribution in [2.24, 2.45) is 0 Å². The molecule has 1 aliphatic rings. The van der Waals surface area contributed by atoms with E-state index in [9.17, 15) is 9.59 Å². The molecule has 2 aromatic carbocycles. The number of amides is 4. The molecule has 0 aromatic heterocycles. The van der Waals surface area contributed by atoms with Crippen LogP contribution < -0.4 is 10.6 Å². The Morgan fingerprint density at radius 3 is 2.15 bits per heavy atom. The molecule has 1 aliphatic heterocycles. The number of aryl methyl sites for hydroxylation is 1. The van der Waals surface area contributed by atoms with E-state index < -0.39 is 0 Å². The van der Waals surface area contributed by atoms with Crippen molar-refractivity contribution in [1.82, 2.24) is 15.1 Å². The maximum atomic E-state index is 12.4. The molecule has 3 rings (SSSR count). The molecular weight excluding hydrogens is 364 g/mol. The van der Waals surface area contributed by atoms with Crippen molar-refractivity contribution in [3.8, 4) is 0 Å². The number of carbonyl (C=O) groups excluding carboxylic acids is 2. The molecule has 6 nitrogen and oxygen atoms in total. The van der Waals surface area contributed by atoms with E-state index in [0.717, 1.165) is 16.8 Å². The first-order chi connectivity index (χ1) is 13.0. The molecule has 7 heteroatoms. The van der Waals surface area contributed by atoms with E-state index in [4.69, 9.17) is 11.6 Å². The van der Waals surface area contributed by atoms with Crippen molar-refractivity contribution in [1.29, 1.82) is 0 Å². The van der Waals surface area contributed by atoms with Gasteiger partial charge < -0.3 is 20.4 Å². The number of halogens is 1. The number of rotatable bonds is 3. The lowest BCUT2D eigenvalue weighted by atomic mass is 10.2. The van der Waals surface area contributed by atoms with E-state index in [0.29, 0.717) is 37.7 Å². The van der Waals surface area contributed by atoms with Crippen molar-refractivity contribution < 1.29 is 9.59 Å². The highest BCUT2D eigenvalue weighted by molar-refractivity contribution is 6.31. The van der Waals surface area contributed by atoms with E-state index in [1.165, 1.54) is 0 Å². The van der Waals surface area contributed by atoms with Gasteiger partial charge in [0.25, 0.3) is 0 Å². The van der Waals surface area contributed by atoms with Crippen molar-refractivity contribution in [2.75, 3.05) is 31.5 Å². The van der Waals surface area contributed by atoms with Crippen LogP contribution in [0.3, 0.4) is 0 Å². The summed E-state index contributed by atoms with van der Waals surface area (Å²) in [4.78, 5) is 28.1. The van der Waals surface area contributed by atoms with Gasteiger partial charge in [-0.1, -0.05) is 47.5 Å². The van der Waals surface area contributed by atoms with Gasteiger partial charge in [0.05, 0.1) is 0 Å². The number of piperazine rings is 1. The highest BCUT2D eigenvalue weighted by atomic mass is 35.5. The first-order valence-corrected chi connectivity index (χ1v) is 9.29. The minimum Gasteiger partial charge on any atom is -0.334 e. The number of benzene rings is 2. The fraction of sp³-hybridized carbons (Fsp3) is 0.300. The monoisotopic (exact) mass is 386 g/mol. The van der Waals surface area contributed by atoms with Gasteiger partial charge >= 0.3 is 12.1 Å². The molecule has 1 saturated heterocycles. The summed E-state index contributed by atoms with van der Waals surface area (Å²) in [6.07, 6.45) is 0. The Bertz CT molecular complexity index is 802. The lowest BCUT2D eigenvalue weighted by Crippen LogP contribution is -2.53. The summed E-state index contributed by atoms with van der Waals surface area (Å²) in [5.74, 6) is 0. The number of hydrogen-bond acceptors (Lipinski definition) is 2. The van der Waals surface area contributed by atoms with E-state index in [2.05, 4.69) is 10.6 Å². The summed E-state index contributed by atoms with van der Waals surface area (Å²) in [6, 6.07) is 14.8. The quantitative estimate of drug-likeness (QED) is 0.844. The van der Waals surface area contributed by atoms with Crippen LogP contribution in [0.2, 0.25) is 5.02 Å². The Morgan fingerprint density at radius 2 is 1.52 bits per heavy atom. The standard InChI is InChI=1S/C20H23ClN4O2/c1-15-6-8-17(9-7-15)23-20(27)25-12-10-24(11-13-25)19(26)22-14-16-4-2-3-5-18(16)21/h2-9H,10-14H2,1H3,(H,22,26)(H,23,27). The summed E-state index contributed by atoms with van der Waals surface area (Å²) in [6.45, 7) is 4.37. The summed E-state index contributed by atoms with van der Waals surface area (Å²) in [7, 11) is 0. The third-order valence-electron chi connectivity index (χ3n) is 4.54. The molecule has 4 amide bonds. The van der Waals surface area contributed by atoms with Gasteiger partial charge in [-0.05, 0) is 30.7 Å². The Balaban J connectivity index is 1.45. The lowest BCUT2D eigenvalue weighted by Gasteiger charge is -2.34. The van der Waals surface area contributed by atoms with Crippen LogP contribution in [0.15, 0.2) is 48.5 Å². The van der Waals surface area contributed by atoms with Gasteiger partial charge in [0.1, 0.15) is 0 Å². The van der Waals surface area contributed by atoms with E-state index in [1.54, 1.807) is 15.9 Å². The van der Waals surface area contributed by atoms with Crippen molar-refractivity contribution in [3.05, 3.63) is 64.7 Å². The van der Waals surface area contributed by atoms with Crippen LogP contribution in [-0.2, 0) is 6.54 Å². The molecule has 1 fully saturated rings. The van der Waals surface area contributed by atoms with Crippen molar-refractivity contribution in [2.45, 2.75) is 13.5 Å². The molecule has 0 bridgehead atoms. The molecule has 27 heavy (non-hydrogen) atoms. The topological polar surface area (TPSA) is 64.7 Å². The SMILES string of the molecule is Cc1ccc(NC(=O)N2CCN(C(=O)NCc3ccccc3Cl)CC2)cc1. The molecule has 0 aliphatic carbocycles. The Labute approximate surface area is 164 Å². The number of hydrogen-bond donors (Lipinski definition) is 2. The van der Waals surface area contributed by atoms with Crippen molar-refractivity contribution >= 4 is 29.4 Å². The number of nitrogens with zero attached hydrogens (tertiary/aromatic N) is 2. The van der Waals surface area contributed by atoms with Crippen LogP contribution in [-0.4, -0.2) is 48.0 Å². The minimum atomic E-state index is -0.145. The van der Waals surface area contributed by atoms with E-state index in [-0.39, 0.29) is 12.1 Å². The first kappa shape index (κ1) is 19.0. The van der Waals surface area contributed by atoms with Crippen LogP contribution in [0.25, 0.3) is 0 Å². The van der Waals surface area contributed by atoms with Crippen LogP contribution in [0, 0.1) is 6.92 Å². The molecule has 0 spiro atoms. The fourth-order valence-corrected chi connectivity index (χ4v) is 3.08. The van der Waals surface area contributed by atoms with Gasteiger partial charge in [0, 0.05) is 43.4 Å². The predicted octanol–water partition coefficient (Wildman–Crippen LogP) is 3.71. The second kappa shape index (κ2) is 8.77. The second-order valence-corrected chi connectivity index (χ2v) is 6.93. The minimum absolute atomic E-state index is 0.144. The zero-order valence-corrected chi connectivity index (χ0v) is 16.0. The van der Waals surface area contributed by atoms with Gasteiger partial charge in [-0.3, -0.25) is 0 Å². The second-order valence-electron chi connectivity index (χ2n) is 6.52. The highest BCUT2D eigenvalue weighted by Crippen LogP contribution is 2.15. The lowest BCUT2D eigenvalue weighted by molar-refractivity contribution is 0.149. The third kappa shape index (κ3) is 5.14. The zero-order valence-electron chi connectivity index (χ0n) is 15.2. The Kier molecular flexibility index (Phi) is 6.19. The predicted molar refractivity (Wildman–Crippen MR) is 107 cm³/mol. The van der Waals surface area contributed by atoms with Gasteiger partial charge in [-0.25, -0.2) is 9.59 Å². The van der Waals surface area contributed by atoms with Gasteiger partial charge in [0.15, 0.2) is 0 Å². The Morgan fingerprint density at radius 1 is 0.926 bits per heavy atom. The fourth-order valence-electron chi connectivity index (χ4n) is 2.88. The highest BCUT2D eigenvalue weighted by Gasteiger charge is 2.24. The Hall–Kier alpha value is -2.73. The molecule has 142 valence electrons. The molecular formula is C20H23ClN4O2. The first-order valence-electron chi connectivity index (χ1n) is 8.92.